The van der Waals surface area contributed by atoms with Gasteiger partial charge in [0.1, 0.15) is 6.04 Å². The molecule has 90 valence electrons. The topological polar surface area (TPSA) is 75.4 Å². The van der Waals surface area contributed by atoms with Gasteiger partial charge in [-0.05, 0) is 12.8 Å². The van der Waals surface area contributed by atoms with Crippen molar-refractivity contribution in [2.24, 2.45) is 0 Å². The van der Waals surface area contributed by atoms with Crippen molar-refractivity contribution >= 4 is 28.2 Å². The standard InChI is InChI=1S/C11H13N3O2S/c12-9-6-4-14(11(16)7(6)5-17-9)8-2-1-3-13-10(8)15/h5,8H,1-4,12H2,(H,13,15). The maximum absolute atomic E-state index is 12.2. The zero-order valence-electron chi connectivity index (χ0n) is 9.23. The number of carbonyl (C=O) groups is 2. The fourth-order valence-electron chi connectivity index (χ4n) is 2.44. The van der Waals surface area contributed by atoms with Crippen LogP contribution in [0.3, 0.4) is 0 Å². The van der Waals surface area contributed by atoms with E-state index in [0.29, 0.717) is 23.7 Å². The van der Waals surface area contributed by atoms with Crippen LogP contribution in [0.25, 0.3) is 0 Å². The monoisotopic (exact) mass is 251 g/mol. The van der Waals surface area contributed by atoms with E-state index in [9.17, 15) is 9.59 Å². The lowest BCUT2D eigenvalue weighted by Crippen LogP contribution is -2.50. The molecule has 3 rings (SSSR count). The molecule has 17 heavy (non-hydrogen) atoms. The number of amides is 2. The van der Waals surface area contributed by atoms with Crippen LogP contribution in [-0.2, 0) is 11.3 Å². The Balaban J connectivity index is 1.88. The van der Waals surface area contributed by atoms with Gasteiger partial charge in [-0.3, -0.25) is 9.59 Å². The molecule has 0 aliphatic carbocycles. The molecule has 1 fully saturated rings. The number of carbonyl (C=O) groups excluding carboxylic acids is 2. The molecular formula is C11H13N3O2S. The number of nitrogen functional groups attached to an aromatic ring is 1. The van der Waals surface area contributed by atoms with Gasteiger partial charge in [-0.1, -0.05) is 0 Å². The molecule has 3 heterocycles. The van der Waals surface area contributed by atoms with Crippen LogP contribution in [0.1, 0.15) is 28.8 Å². The first kappa shape index (κ1) is 10.6. The van der Waals surface area contributed by atoms with Gasteiger partial charge in [-0.25, -0.2) is 0 Å². The van der Waals surface area contributed by atoms with E-state index < -0.39 is 0 Å². The molecule has 2 aliphatic heterocycles. The number of anilines is 1. The van der Waals surface area contributed by atoms with Crippen molar-refractivity contribution < 1.29 is 9.59 Å². The zero-order valence-corrected chi connectivity index (χ0v) is 10.0. The predicted octanol–water partition coefficient (Wildman–Crippen LogP) is 0.565. The smallest absolute Gasteiger partial charge is 0.256 e. The Bertz CT molecular complexity index is 497. The van der Waals surface area contributed by atoms with E-state index >= 15 is 0 Å². The Morgan fingerprint density at radius 1 is 1.47 bits per heavy atom. The van der Waals surface area contributed by atoms with Gasteiger partial charge in [0.05, 0.1) is 17.1 Å². The lowest BCUT2D eigenvalue weighted by atomic mass is 10.1. The Labute approximate surface area is 103 Å². The summed E-state index contributed by atoms with van der Waals surface area (Å²) in [7, 11) is 0. The summed E-state index contributed by atoms with van der Waals surface area (Å²) in [6, 6.07) is -0.326. The lowest BCUT2D eigenvalue weighted by Gasteiger charge is -2.30. The summed E-state index contributed by atoms with van der Waals surface area (Å²) in [5.74, 6) is -0.105. The Morgan fingerprint density at radius 3 is 3.00 bits per heavy atom. The number of rotatable bonds is 1. The van der Waals surface area contributed by atoms with Crippen molar-refractivity contribution in [2.75, 3.05) is 12.3 Å². The minimum atomic E-state index is -0.326. The molecule has 5 nitrogen and oxygen atoms in total. The van der Waals surface area contributed by atoms with Gasteiger partial charge in [-0.15, -0.1) is 11.3 Å². The molecule has 0 radical (unpaired) electrons. The third-order valence-corrected chi connectivity index (χ3v) is 4.23. The second kappa shape index (κ2) is 3.73. The molecule has 1 aromatic rings. The minimum absolute atomic E-state index is 0.0444. The van der Waals surface area contributed by atoms with Crippen LogP contribution in [0, 0.1) is 0 Å². The summed E-state index contributed by atoms with van der Waals surface area (Å²) < 4.78 is 0. The van der Waals surface area contributed by atoms with E-state index in [2.05, 4.69) is 5.32 Å². The van der Waals surface area contributed by atoms with Crippen molar-refractivity contribution in [1.82, 2.24) is 10.2 Å². The summed E-state index contributed by atoms with van der Waals surface area (Å²) in [4.78, 5) is 25.5. The quantitative estimate of drug-likeness (QED) is 0.766. The summed E-state index contributed by atoms with van der Waals surface area (Å²) in [5, 5.41) is 5.27. The summed E-state index contributed by atoms with van der Waals surface area (Å²) in [5.41, 5.74) is 7.38. The number of piperidine rings is 1. The van der Waals surface area contributed by atoms with Crippen LogP contribution in [0.5, 0.6) is 0 Å². The van der Waals surface area contributed by atoms with Gasteiger partial charge in [0.2, 0.25) is 5.91 Å². The number of hydrogen-bond donors (Lipinski definition) is 2. The Hall–Kier alpha value is -1.56. The van der Waals surface area contributed by atoms with Crippen LogP contribution >= 0.6 is 11.3 Å². The predicted molar refractivity (Wildman–Crippen MR) is 64.6 cm³/mol. The van der Waals surface area contributed by atoms with E-state index in [1.807, 2.05) is 0 Å². The van der Waals surface area contributed by atoms with Gasteiger partial charge >= 0.3 is 0 Å². The third-order valence-electron chi connectivity index (χ3n) is 3.38. The lowest BCUT2D eigenvalue weighted by molar-refractivity contribution is -0.127. The molecule has 1 saturated heterocycles. The minimum Gasteiger partial charge on any atom is -0.390 e. The van der Waals surface area contributed by atoms with E-state index in [-0.39, 0.29) is 17.9 Å². The van der Waals surface area contributed by atoms with Crippen LogP contribution in [-0.4, -0.2) is 29.3 Å². The average molecular weight is 251 g/mol. The average Bonchev–Trinajstić information content (AvgIpc) is 2.83. The SMILES string of the molecule is Nc1scc2c1CN(C1CCCNC1=O)C2=O. The van der Waals surface area contributed by atoms with E-state index in [0.717, 1.165) is 18.4 Å². The summed E-state index contributed by atoms with van der Waals surface area (Å²) in [6.45, 7) is 1.18. The highest BCUT2D eigenvalue weighted by Gasteiger charge is 2.38. The number of thiophene rings is 1. The molecule has 0 spiro atoms. The largest absolute Gasteiger partial charge is 0.390 e. The van der Waals surface area contributed by atoms with E-state index in [1.165, 1.54) is 11.3 Å². The number of nitrogens with two attached hydrogens (primary N) is 1. The van der Waals surface area contributed by atoms with Gasteiger partial charge in [0.25, 0.3) is 5.91 Å². The van der Waals surface area contributed by atoms with Crippen LogP contribution in [0.15, 0.2) is 5.38 Å². The maximum atomic E-state index is 12.2. The van der Waals surface area contributed by atoms with E-state index in [4.69, 9.17) is 5.73 Å². The van der Waals surface area contributed by atoms with E-state index in [1.54, 1.807) is 10.3 Å². The van der Waals surface area contributed by atoms with Crippen molar-refractivity contribution in [3.8, 4) is 0 Å². The first-order valence-corrected chi connectivity index (χ1v) is 6.51. The van der Waals surface area contributed by atoms with Crippen molar-refractivity contribution in [3.63, 3.8) is 0 Å². The summed E-state index contributed by atoms with van der Waals surface area (Å²) >= 11 is 1.39. The van der Waals surface area contributed by atoms with Crippen LogP contribution in [0.2, 0.25) is 0 Å². The fourth-order valence-corrected chi connectivity index (χ4v) is 3.25. The number of nitrogens with zero attached hydrogens (tertiary/aromatic N) is 1. The van der Waals surface area contributed by atoms with Crippen LogP contribution in [0.4, 0.5) is 5.00 Å². The van der Waals surface area contributed by atoms with Crippen molar-refractivity contribution in [2.45, 2.75) is 25.4 Å². The summed E-state index contributed by atoms with van der Waals surface area (Å²) in [6.07, 6.45) is 1.66. The molecule has 3 N–H and O–H groups in total. The van der Waals surface area contributed by atoms with Gasteiger partial charge in [-0.2, -0.15) is 0 Å². The van der Waals surface area contributed by atoms with Crippen molar-refractivity contribution in [3.05, 3.63) is 16.5 Å². The van der Waals surface area contributed by atoms with Crippen LogP contribution < -0.4 is 11.1 Å². The first-order chi connectivity index (χ1) is 8.18. The first-order valence-electron chi connectivity index (χ1n) is 5.63. The maximum Gasteiger partial charge on any atom is 0.256 e. The number of hydrogen-bond acceptors (Lipinski definition) is 4. The highest BCUT2D eigenvalue weighted by molar-refractivity contribution is 7.14. The second-order valence-corrected chi connectivity index (χ2v) is 5.29. The molecule has 6 heteroatoms. The highest BCUT2D eigenvalue weighted by atomic mass is 32.1. The molecule has 2 amide bonds. The number of nitrogens with one attached hydrogen (secondary N) is 1. The zero-order chi connectivity index (χ0) is 12.0. The molecule has 2 aliphatic rings. The third kappa shape index (κ3) is 1.51. The second-order valence-electron chi connectivity index (χ2n) is 4.37. The molecule has 1 atom stereocenters. The Kier molecular flexibility index (Phi) is 2.32. The highest BCUT2D eigenvalue weighted by Crippen LogP contribution is 2.34. The van der Waals surface area contributed by atoms with Gasteiger partial charge in [0, 0.05) is 17.5 Å². The normalized spacial score (nSPS) is 23.8. The molecule has 0 aromatic carbocycles. The molecular weight excluding hydrogens is 238 g/mol. The molecule has 1 aromatic heterocycles. The molecule has 0 saturated carbocycles. The number of fused-ring (bicyclic) bond motifs is 1. The van der Waals surface area contributed by atoms with Gasteiger partial charge < -0.3 is 16.0 Å². The molecule has 0 bridgehead atoms. The molecule has 1 unspecified atom stereocenters. The fraction of sp³-hybridized carbons (Fsp3) is 0.455. The Morgan fingerprint density at radius 2 is 2.29 bits per heavy atom. The van der Waals surface area contributed by atoms with Crippen molar-refractivity contribution in [1.29, 1.82) is 0 Å². The van der Waals surface area contributed by atoms with Gasteiger partial charge in [0.15, 0.2) is 0 Å².